The molecule has 0 aromatic carbocycles. The molecular formula is C12H22N2O2. The average molecular weight is 226 g/mol. The molecule has 1 unspecified atom stereocenters. The molecule has 2 fully saturated rings. The van der Waals surface area contributed by atoms with E-state index < -0.39 is 0 Å². The van der Waals surface area contributed by atoms with E-state index in [0.29, 0.717) is 13.0 Å². The second kappa shape index (κ2) is 4.72. The van der Waals surface area contributed by atoms with Gasteiger partial charge in [-0.1, -0.05) is 0 Å². The van der Waals surface area contributed by atoms with Crippen LogP contribution < -0.4 is 5.73 Å². The van der Waals surface area contributed by atoms with Crippen LogP contribution in [0.4, 0.5) is 0 Å². The van der Waals surface area contributed by atoms with E-state index in [1.807, 2.05) is 4.90 Å². The molecule has 3 N–H and O–H groups in total. The van der Waals surface area contributed by atoms with Crippen LogP contribution in [0, 0.1) is 5.92 Å². The highest BCUT2D eigenvalue weighted by Gasteiger charge is 2.36. The Morgan fingerprint density at radius 2 is 2.19 bits per heavy atom. The first-order valence-corrected chi connectivity index (χ1v) is 6.30. The zero-order valence-electron chi connectivity index (χ0n) is 9.82. The van der Waals surface area contributed by atoms with E-state index in [2.05, 4.69) is 0 Å². The van der Waals surface area contributed by atoms with E-state index in [9.17, 15) is 4.79 Å². The summed E-state index contributed by atoms with van der Waals surface area (Å²) in [5.41, 5.74) is 5.86. The summed E-state index contributed by atoms with van der Waals surface area (Å²) in [5.74, 6) is 0.452. The van der Waals surface area contributed by atoms with Crippen LogP contribution in [0.1, 0.15) is 38.5 Å². The summed E-state index contributed by atoms with van der Waals surface area (Å²) in [6.07, 6.45) is 5.66. The maximum absolute atomic E-state index is 12.0. The second-order valence-corrected chi connectivity index (χ2v) is 5.42. The fourth-order valence-corrected chi connectivity index (χ4v) is 2.66. The van der Waals surface area contributed by atoms with E-state index in [1.165, 1.54) is 0 Å². The zero-order chi connectivity index (χ0) is 11.6. The quantitative estimate of drug-likeness (QED) is 0.736. The minimum Gasteiger partial charge on any atom is -0.396 e. The van der Waals surface area contributed by atoms with Crippen LogP contribution in [0.25, 0.3) is 0 Å². The molecule has 1 aliphatic heterocycles. The number of nitrogens with zero attached hydrogens (tertiary/aromatic N) is 1. The van der Waals surface area contributed by atoms with Gasteiger partial charge in [0.05, 0.1) is 0 Å². The molecule has 0 bridgehead atoms. The lowest BCUT2D eigenvalue weighted by atomic mass is 9.75. The number of hydrogen-bond acceptors (Lipinski definition) is 3. The highest BCUT2D eigenvalue weighted by Crippen LogP contribution is 2.33. The molecule has 4 nitrogen and oxygen atoms in total. The van der Waals surface area contributed by atoms with Crippen LogP contribution in [-0.4, -0.2) is 41.1 Å². The van der Waals surface area contributed by atoms with Crippen molar-refractivity contribution in [2.45, 2.75) is 44.1 Å². The number of hydrogen-bond donors (Lipinski definition) is 2. The lowest BCUT2D eigenvalue weighted by molar-refractivity contribution is -0.135. The number of aliphatic hydroxyl groups excluding tert-OH is 1. The highest BCUT2D eigenvalue weighted by molar-refractivity contribution is 5.77. The third-order valence-corrected chi connectivity index (χ3v) is 3.98. The summed E-state index contributed by atoms with van der Waals surface area (Å²) < 4.78 is 0. The van der Waals surface area contributed by atoms with Crippen molar-refractivity contribution >= 4 is 5.91 Å². The number of carbonyl (C=O) groups excluding carboxylic acids is 1. The summed E-state index contributed by atoms with van der Waals surface area (Å²) in [4.78, 5) is 13.9. The van der Waals surface area contributed by atoms with Crippen molar-refractivity contribution in [3.8, 4) is 0 Å². The van der Waals surface area contributed by atoms with Gasteiger partial charge < -0.3 is 15.7 Å². The lowest BCUT2D eigenvalue weighted by Crippen LogP contribution is -2.52. The fraction of sp³-hybridized carbons (Fsp3) is 0.917. The predicted molar refractivity (Wildman–Crippen MR) is 61.8 cm³/mol. The molecular weight excluding hydrogens is 204 g/mol. The third-order valence-electron chi connectivity index (χ3n) is 3.98. The van der Waals surface area contributed by atoms with E-state index in [-0.39, 0.29) is 24.0 Å². The average Bonchev–Trinajstić information content (AvgIpc) is 2.27. The van der Waals surface area contributed by atoms with Gasteiger partial charge in [-0.15, -0.1) is 0 Å². The van der Waals surface area contributed by atoms with Gasteiger partial charge in [-0.05, 0) is 38.0 Å². The highest BCUT2D eigenvalue weighted by atomic mass is 16.3. The maximum Gasteiger partial charge on any atom is 0.224 e. The van der Waals surface area contributed by atoms with Gasteiger partial charge >= 0.3 is 0 Å². The van der Waals surface area contributed by atoms with Crippen LogP contribution in [0.5, 0.6) is 0 Å². The monoisotopic (exact) mass is 226 g/mol. The summed E-state index contributed by atoms with van der Waals surface area (Å²) in [6, 6.07) is 0. The van der Waals surface area contributed by atoms with Gasteiger partial charge in [0.2, 0.25) is 5.91 Å². The standard InChI is InChI=1S/C12H22N2O2/c13-12(4-2-5-12)7-11(16)14-6-1-3-10(8-14)9-15/h10,15H,1-9,13H2. The van der Waals surface area contributed by atoms with Crippen molar-refractivity contribution in [2.24, 2.45) is 11.7 Å². The Balaban J connectivity index is 1.84. The molecule has 92 valence electrons. The van der Waals surface area contributed by atoms with E-state index in [1.54, 1.807) is 0 Å². The molecule has 2 rings (SSSR count). The number of nitrogens with two attached hydrogens (primary N) is 1. The number of carbonyl (C=O) groups is 1. The van der Waals surface area contributed by atoms with Crippen molar-refractivity contribution in [3.63, 3.8) is 0 Å². The smallest absolute Gasteiger partial charge is 0.224 e. The van der Waals surface area contributed by atoms with Crippen LogP contribution in [0.2, 0.25) is 0 Å². The predicted octanol–water partition coefficient (Wildman–Crippen LogP) is 0.489. The van der Waals surface area contributed by atoms with Crippen molar-refractivity contribution in [3.05, 3.63) is 0 Å². The van der Waals surface area contributed by atoms with Crippen molar-refractivity contribution in [1.29, 1.82) is 0 Å². The fourth-order valence-electron chi connectivity index (χ4n) is 2.66. The first-order valence-electron chi connectivity index (χ1n) is 6.30. The van der Waals surface area contributed by atoms with Crippen molar-refractivity contribution in [2.75, 3.05) is 19.7 Å². The first-order chi connectivity index (χ1) is 7.63. The molecule has 1 amide bonds. The summed E-state index contributed by atoms with van der Waals surface area (Å²) in [5, 5.41) is 9.12. The molecule has 1 saturated carbocycles. The summed E-state index contributed by atoms with van der Waals surface area (Å²) in [6.45, 7) is 1.74. The number of likely N-dealkylation sites (tertiary alicyclic amines) is 1. The molecule has 1 heterocycles. The maximum atomic E-state index is 12.0. The minimum atomic E-state index is -0.219. The minimum absolute atomic E-state index is 0.181. The molecule has 0 aromatic heterocycles. The van der Waals surface area contributed by atoms with Crippen LogP contribution >= 0.6 is 0 Å². The first kappa shape index (κ1) is 11.9. The second-order valence-electron chi connectivity index (χ2n) is 5.42. The number of amides is 1. The Bertz CT molecular complexity index is 264. The van der Waals surface area contributed by atoms with Crippen LogP contribution in [-0.2, 0) is 4.79 Å². The lowest BCUT2D eigenvalue weighted by Gasteiger charge is -2.40. The number of rotatable bonds is 3. The summed E-state index contributed by atoms with van der Waals surface area (Å²) >= 11 is 0. The molecule has 2 aliphatic rings. The SMILES string of the molecule is NC1(CC(=O)N2CCCC(CO)C2)CCC1. The van der Waals surface area contributed by atoms with Crippen LogP contribution in [0.15, 0.2) is 0 Å². The van der Waals surface area contributed by atoms with E-state index in [4.69, 9.17) is 10.8 Å². The molecule has 1 aliphatic carbocycles. The third kappa shape index (κ3) is 2.55. The van der Waals surface area contributed by atoms with Crippen LogP contribution in [0.3, 0.4) is 0 Å². The normalized spacial score (nSPS) is 28.6. The summed E-state index contributed by atoms with van der Waals surface area (Å²) in [7, 11) is 0. The molecule has 4 heteroatoms. The molecule has 1 saturated heterocycles. The van der Waals surface area contributed by atoms with Crippen molar-refractivity contribution < 1.29 is 9.90 Å². The topological polar surface area (TPSA) is 66.6 Å². The Morgan fingerprint density at radius 3 is 2.75 bits per heavy atom. The van der Waals surface area contributed by atoms with E-state index >= 15 is 0 Å². The Hall–Kier alpha value is -0.610. The number of aliphatic hydroxyl groups is 1. The number of piperidine rings is 1. The molecule has 1 atom stereocenters. The Morgan fingerprint density at radius 1 is 1.44 bits per heavy atom. The Kier molecular flexibility index (Phi) is 3.50. The Labute approximate surface area is 96.8 Å². The molecule has 0 radical (unpaired) electrons. The van der Waals surface area contributed by atoms with Gasteiger partial charge in [0.15, 0.2) is 0 Å². The van der Waals surface area contributed by atoms with E-state index in [0.717, 1.165) is 38.6 Å². The largest absolute Gasteiger partial charge is 0.396 e. The van der Waals surface area contributed by atoms with Gasteiger partial charge in [0.25, 0.3) is 0 Å². The zero-order valence-corrected chi connectivity index (χ0v) is 9.82. The van der Waals surface area contributed by atoms with Gasteiger partial charge in [0.1, 0.15) is 0 Å². The molecule has 0 spiro atoms. The van der Waals surface area contributed by atoms with Gasteiger partial charge in [0, 0.05) is 31.7 Å². The van der Waals surface area contributed by atoms with Gasteiger partial charge in [-0.3, -0.25) is 4.79 Å². The molecule has 16 heavy (non-hydrogen) atoms. The van der Waals surface area contributed by atoms with Crippen molar-refractivity contribution in [1.82, 2.24) is 4.90 Å². The molecule has 0 aromatic rings. The van der Waals surface area contributed by atoms with Gasteiger partial charge in [-0.2, -0.15) is 0 Å². The van der Waals surface area contributed by atoms with Gasteiger partial charge in [-0.25, -0.2) is 0 Å².